The van der Waals surface area contributed by atoms with Crippen molar-refractivity contribution in [3.63, 3.8) is 0 Å². The Kier molecular flexibility index (Phi) is 2.17. The molecule has 0 aromatic rings. The number of alkyl halides is 2. The summed E-state index contributed by atoms with van der Waals surface area (Å²) in [5, 5.41) is 0. The first-order valence-corrected chi connectivity index (χ1v) is 6.76. The van der Waals surface area contributed by atoms with Gasteiger partial charge in [-0.2, -0.15) is 0 Å². The third kappa shape index (κ3) is 1.09. The van der Waals surface area contributed by atoms with E-state index in [9.17, 15) is 4.79 Å². The summed E-state index contributed by atoms with van der Waals surface area (Å²) in [4.78, 5) is 11.1. The molecule has 0 saturated heterocycles. The van der Waals surface area contributed by atoms with Gasteiger partial charge in [0.05, 0.1) is 9.75 Å². The molecule has 1 nitrogen and oxygen atoms in total. The first-order valence-electron chi connectivity index (χ1n) is 6.00. The third-order valence-corrected chi connectivity index (χ3v) is 6.47. The molecule has 0 N–H and O–H groups in total. The van der Waals surface area contributed by atoms with Crippen molar-refractivity contribution < 1.29 is 4.79 Å². The first-order chi connectivity index (χ1) is 7.09. The fraction of sp³-hybridized carbons (Fsp3) is 0.917. The van der Waals surface area contributed by atoms with Crippen molar-refractivity contribution in [3.05, 3.63) is 0 Å². The molecule has 0 aromatic heterocycles. The molecule has 0 heterocycles. The molecule has 0 spiro atoms. The molecule has 84 valence electrons. The Morgan fingerprint density at radius 1 is 1.07 bits per heavy atom. The molecule has 0 radical (unpaired) electrons. The van der Waals surface area contributed by atoms with E-state index >= 15 is 0 Å². The Morgan fingerprint density at radius 3 is 2.47 bits per heavy atom. The van der Waals surface area contributed by atoms with Gasteiger partial charge >= 0.3 is 0 Å². The zero-order valence-electron chi connectivity index (χ0n) is 8.77. The summed E-state index contributed by atoms with van der Waals surface area (Å²) in [5.74, 6) is 0.824. The molecule has 3 fully saturated rings. The van der Waals surface area contributed by atoms with Crippen LogP contribution in [-0.4, -0.2) is 15.5 Å². The van der Waals surface area contributed by atoms with E-state index in [1.807, 2.05) is 0 Å². The minimum atomic E-state index is -0.399. The van der Waals surface area contributed by atoms with Crippen molar-refractivity contribution in [1.29, 1.82) is 0 Å². The lowest BCUT2D eigenvalue weighted by Gasteiger charge is -2.60. The van der Waals surface area contributed by atoms with Crippen LogP contribution in [0.1, 0.15) is 44.9 Å². The van der Waals surface area contributed by atoms with Gasteiger partial charge in [-0.3, -0.25) is 4.79 Å². The fourth-order valence-electron chi connectivity index (χ4n) is 4.08. The van der Waals surface area contributed by atoms with E-state index in [0.29, 0.717) is 18.1 Å². The van der Waals surface area contributed by atoms with E-state index in [4.69, 9.17) is 23.2 Å². The van der Waals surface area contributed by atoms with Gasteiger partial charge in [0.2, 0.25) is 0 Å². The van der Waals surface area contributed by atoms with Gasteiger partial charge in [-0.1, -0.05) is 19.3 Å². The van der Waals surface area contributed by atoms with Crippen LogP contribution >= 0.6 is 23.2 Å². The van der Waals surface area contributed by atoms with Crippen LogP contribution in [0.15, 0.2) is 0 Å². The van der Waals surface area contributed by atoms with Crippen LogP contribution in [0.4, 0.5) is 0 Å². The van der Waals surface area contributed by atoms with Gasteiger partial charge in [0, 0.05) is 12.3 Å². The maximum atomic E-state index is 11.8. The predicted octanol–water partition coefficient (Wildman–Crippen LogP) is 3.51. The normalized spacial score (nSPS) is 54.1. The van der Waals surface area contributed by atoms with Crippen molar-refractivity contribution in [1.82, 2.24) is 0 Å². The summed E-state index contributed by atoms with van der Waals surface area (Å²) in [6.45, 7) is 0. The van der Waals surface area contributed by atoms with Gasteiger partial charge in [-0.05, 0) is 25.2 Å². The Labute approximate surface area is 101 Å². The maximum Gasteiger partial charge on any atom is 0.138 e. The lowest BCUT2D eigenvalue weighted by Crippen LogP contribution is -2.68. The molecular weight excluding hydrogens is 231 g/mol. The lowest BCUT2D eigenvalue weighted by atomic mass is 9.54. The highest BCUT2D eigenvalue weighted by Crippen LogP contribution is 2.69. The van der Waals surface area contributed by atoms with E-state index < -0.39 is 4.87 Å². The molecule has 3 aliphatic carbocycles. The van der Waals surface area contributed by atoms with Gasteiger partial charge in [0.15, 0.2) is 0 Å². The van der Waals surface area contributed by atoms with E-state index in [2.05, 4.69) is 0 Å². The standard InChI is InChI=1S/C12H16Cl2O/c13-11-6-2-1-3-7-12(11,14)10-8(11)4-5-9(10)15/h8,10H,1-7H2/t8-,10-,11+,12-/m1/s1. The topological polar surface area (TPSA) is 17.1 Å². The zero-order valence-corrected chi connectivity index (χ0v) is 10.3. The second-order valence-corrected chi connectivity index (χ2v) is 6.72. The summed E-state index contributed by atoms with van der Waals surface area (Å²) in [7, 11) is 0. The molecule has 3 aliphatic rings. The van der Waals surface area contributed by atoms with Gasteiger partial charge < -0.3 is 0 Å². The number of fused-ring (bicyclic) bond motifs is 4. The van der Waals surface area contributed by atoms with Gasteiger partial charge in [-0.25, -0.2) is 0 Å². The number of hydrogen-bond acceptors (Lipinski definition) is 1. The summed E-state index contributed by atoms with van der Waals surface area (Å²) in [6, 6.07) is 0. The number of carbonyl (C=O) groups is 1. The second-order valence-electron chi connectivity index (χ2n) is 5.37. The zero-order chi connectivity index (χ0) is 10.7. The average molecular weight is 247 g/mol. The maximum absolute atomic E-state index is 11.8. The van der Waals surface area contributed by atoms with Crippen molar-refractivity contribution >= 4 is 29.0 Å². The average Bonchev–Trinajstić information content (AvgIpc) is 2.52. The fourth-order valence-corrected chi connectivity index (χ4v) is 5.30. The van der Waals surface area contributed by atoms with Crippen molar-refractivity contribution in [2.75, 3.05) is 0 Å². The molecule has 0 aromatic carbocycles. The molecule has 3 heteroatoms. The van der Waals surface area contributed by atoms with Crippen LogP contribution in [-0.2, 0) is 4.79 Å². The molecule has 0 aliphatic heterocycles. The number of Topliss-reactive ketones (excluding diaryl/α,β-unsaturated/α-hetero) is 1. The quantitative estimate of drug-likeness (QED) is 0.598. The summed E-state index contributed by atoms with van der Waals surface area (Å²) < 4.78 is 0. The van der Waals surface area contributed by atoms with Crippen LogP contribution in [0, 0.1) is 11.8 Å². The monoisotopic (exact) mass is 246 g/mol. The Morgan fingerprint density at radius 2 is 1.73 bits per heavy atom. The van der Waals surface area contributed by atoms with Gasteiger partial charge in [0.1, 0.15) is 5.78 Å². The second kappa shape index (κ2) is 3.13. The van der Waals surface area contributed by atoms with Crippen molar-refractivity contribution in [2.45, 2.75) is 54.7 Å². The minimum Gasteiger partial charge on any atom is -0.299 e. The highest BCUT2D eigenvalue weighted by Gasteiger charge is 2.73. The van der Waals surface area contributed by atoms with Crippen molar-refractivity contribution in [2.24, 2.45) is 11.8 Å². The first kappa shape index (κ1) is 10.4. The van der Waals surface area contributed by atoms with Crippen LogP contribution in [0.2, 0.25) is 0 Å². The molecule has 15 heavy (non-hydrogen) atoms. The Hall–Kier alpha value is 0.250. The van der Waals surface area contributed by atoms with Gasteiger partial charge in [0.25, 0.3) is 0 Å². The summed E-state index contributed by atoms with van der Waals surface area (Å²) in [5.41, 5.74) is 0. The number of hydrogen-bond donors (Lipinski definition) is 0. The van der Waals surface area contributed by atoms with E-state index in [0.717, 1.165) is 25.7 Å². The van der Waals surface area contributed by atoms with E-state index in [1.54, 1.807) is 0 Å². The number of halogens is 2. The number of ketones is 1. The summed E-state index contributed by atoms with van der Waals surface area (Å²) >= 11 is 13.4. The predicted molar refractivity (Wildman–Crippen MR) is 61.5 cm³/mol. The Bertz CT molecular complexity index is 317. The molecule has 0 amide bonds. The third-order valence-electron chi connectivity index (χ3n) is 4.80. The number of rotatable bonds is 0. The SMILES string of the molecule is O=C1CC[C@@H]2[C@H]1[C@]1(Cl)CCCCC[C@]21Cl. The van der Waals surface area contributed by atoms with E-state index in [1.165, 1.54) is 12.8 Å². The number of carbonyl (C=O) groups excluding carboxylic acids is 1. The van der Waals surface area contributed by atoms with Gasteiger partial charge in [-0.15, -0.1) is 23.2 Å². The van der Waals surface area contributed by atoms with E-state index in [-0.39, 0.29) is 10.8 Å². The lowest BCUT2D eigenvalue weighted by molar-refractivity contribution is -0.127. The molecule has 3 rings (SSSR count). The molecule has 0 bridgehead atoms. The molecule has 0 unspecified atom stereocenters. The van der Waals surface area contributed by atoms with Crippen LogP contribution in [0.3, 0.4) is 0 Å². The van der Waals surface area contributed by atoms with Crippen molar-refractivity contribution in [3.8, 4) is 0 Å². The van der Waals surface area contributed by atoms with Crippen LogP contribution in [0.25, 0.3) is 0 Å². The minimum absolute atomic E-state index is 0.0785. The molecule has 4 atom stereocenters. The highest BCUT2D eigenvalue weighted by atomic mass is 35.5. The molecular formula is C12H16Cl2O. The van der Waals surface area contributed by atoms with Crippen LogP contribution in [0.5, 0.6) is 0 Å². The molecule has 3 saturated carbocycles. The smallest absolute Gasteiger partial charge is 0.138 e. The van der Waals surface area contributed by atoms with Crippen LogP contribution < -0.4 is 0 Å². The Balaban J connectivity index is 1.98. The largest absolute Gasteiger partial charge is 0.299 e. The highest BCUT2D eigenvalue weighted by molar-refractivity contribution is 6.38. The summed E-state index contributed by atoms with van der Waals surface area (Å²) in [6.07, 6.45) is 7.15.